The summed E-state index contributed by atoms with van der Waals surface area (Å²) in [5.41, 5.74) is 7.46. The quantitative estimate of drug-likeness (QED) is 0.355. The molecule has 0 spiro atoms. The number of carbonyl (C=O) groups is 1. The molecule has 3 rings (SSSR count). The van der Waals surface area contributed by atoms with E-state index in [1.165, 1.54) is 10.2 Å². The number of rotatable bonds is 10. The zero-order chi connectivity index (χ0) is 21.3. The second-order valence-corrected chi connectivity index (χ2v) is 7.71. The van der Waals surface area contributed by atoms with E-state index in [0.29, 0.717) is 38.1 Å². The van der Waals surface area contributed by atoms with Gasteiger partial charge < -0.3 is 20.7 Å². The Kier molecular flexibility index (Phi) is 8.32. The maximum atomic E-state index is 12.7. The van der Waals surface area contributed by atoms with Crippen LogP contribution in [0.5, 0.6) is 0 Å². The number of carbonyl (C=O) groups excluding carboxylic acids is 1. The van der Waals surface area contributed by atoms with E-state index in [4.69, 9.17) is 15.8 Å². The third-order valence-corrected chi connectivity index (χ3v) is 5.38. The van der Waals surface area contributed by atoms with Gasteiger partial charge in [-0.3, -0.25) is 9.69 Å². The molecule has 11 heteroatoms. The molecule has 0 saturated carbocycles. The van der Waals surface area contributed by atoms with E-state index in [1.54, 1.807) is 0 Å². The van der Waals surface area contributed by atoms with E-state index in [-0.39, 0.29) is 12.5 Å². The molecule has 30 heavy (non-hydrogen) atoms. The van der Waals surface area contributed by atoms with Gasteiger partial charge in [-0.25, -0.2) is 4.68 Å². The molecule has 2 heterocycles. The molecular weight excluding hydrogens is 385 g/mol. The minimum absolute atomic E-state index is 0.0153. The lowest BCUT2D eigenvalue weighted by Gasteiger charge is -2.34. The van der Waals surface area contributed by atoms with Gasteiger partial charge in [-0.15, -0.1) is 5.10 Å². The summed E-state index contributed by atoms with van der Waals surface area (Å²) < 4.78 is 1.48. The zero-order valence-electron chi connectivity index (χ0n) is 17.2. The number of nitrogens with zero attached hydrogens (tertiary/aromatic N) is 6. The van der Waals surface area contributed by atoms with Crippen LogP contribution in [0, 0.1) is 0 Å². The lowest BCUT2D eigenvalue weighted by molar-refractivity contribution is -0.133. The van der Waals surface area contributed by atoms with Gasteiger partial charge in [0.2, 0.25) is 5.91 Å². The largest absolute Gasteiger partial charge is 0.451 e. The van der Waals surface area contributed by atoms with Crippen molar-refractivity contribution >= 4 is 13.0 Å². The maximum Gasteiger partial charge on any atom is 0.451 e. The topological polar surface area (TPSA) is 134 Å². The molecule has 0 radical (unpaired) electrons. The van der Waals surface area contributed by atoms with Gasteiger partial charge in [-0.1, -0.05) is 43.2 Å². The van der Waals surface area contributed by atoms with Gasteiger partial charge in [-0.2, -0.15) is 0 Å². The second kappa shape index (κ2) is 11.2. The fourth-order valence-corrected chi connectivity index (χ4v) is 3.64. The monoisotopic (exact) mass is 415 g/mol. The molecule has 1 aromatic carbocycles. The number of nitrogens with two attached hydrogens (primary N) is 1. The lowest BCUT2D eigenvalue weighted by atomic mass is 9.83. The first-order valence-corrected chi connectivity index (χ1v) is 10.4. The van der Waals surface area contributed by atoms with Crippen molar-refractivity contribution in [1.29, 1.82) is 0 Å². The molecule has 0 aliphatic carbocycles. The summed E-state index contributed by atoms with van der Waals surface area (Å²) in [6, 6.07) is 9.93. The Morgan fingerprint density at radius 1 is 1.13 bits per heavy atom. The molecule has 1 saturated heterocycles. The predicted octanol–water partition coefficient (Wildman–Crippen LogP) is -0.340. The second-order valence-electron chi connectivity index (χ2n) is 7.71. The van der Waals surface area contributed by atoms with Crippen LogP contribution in [-0.2, 0) is 17.9 Å². The number of unbranched alkanes of at least 4 members (excludes halogenated alkanes) is 1. The van der Waals surface area contributed by atoms with Crippen LogP contribution >= 0.6 is 0 Å². The highest BCUT2D eigenvalue weighted by atomic mass is 16.4. The van der Waals surface area contributed by atoms with Gasteiger partial charge in [0, 0.05) is 32.7 Å². The van der Waals surface area contributed by atoms with Gasteiger partial charge >= 0.3 is 7.12 Å². The van der Waals surface area contributed by atoms with Crippen LogP contribution in [0.25, 0.3) is 0 Å². The highest BCUT2D eigenvalue weighted by Crippen LogP contribution is 2.15. The van der Waals surface area contributed by atoms with E-state index in [2.05, 4.69) is 32.6 Å². The van der Waals surface area contributed by atoms with Crippen molar-refractivity contribution in [2.75, 3.05) is 26.2 Å². The fourth-order valence-electron chi connectivity index (χ4n) is 3.64. The van der Waals surface area contributed by atoms with E-state index in [1.807, 2.05) is 23.1 Å². The first-order valence-electron chi connectivity index (χ1n) is 10.4. The van der Waals surface area contributed by atoms with Crippen LogP contribution in [0.1, 0.15) is 36.7 Å². The van der Waals surface area contributed by atoms with E-state index in [0.717, 1.165) is 26.1 Å². The van der Waals surface area contributed by atoms with Gasteiger partial charge in [0.15, 0.2) is 5.82 Å². The van der Waals surface area contributed by atoms with Crippen molar-refractivity contribution in [3.05, 3.63) is 41.7 Å². The third-order valence-electron chi connectivity index (χ3n) is 5.38. The molecule has 1 aliphatic rings. The molecule has 1 unspecified atom stereocenters. The zero-order valence-corrected chi connectivity index (χ0v) is 17.2. The minimum Gasteiger partial charge on any atom is -0.427 e. The summed E-state index contributed by atoms with van der Waals surface area (Å²) in [6.07, 6.45) is 2.30. The summed E-state index contributed by atoms with van der Waals surface area (Å²) in [6.45, 7) is 3.99. The third kappa shape index (κ3) is 6.59. The summed E-state index contributed by atoms with van der Waals surface area (Å²) in [7, 11) is -1.29. The number of aromatic nitrogens is 4. The molecule has 10 nitrogen and oxygen atoms in total. The van der Waals surface area contributed by atoms with Crippen molar-refractivity contribution in [2.24, 2.45) is 5.73 Å². The number of piperazine rings is 1. The van der Waals surface area contributed by atoms with Gasteiger partial charge in [0.25, 0.3) is 0 Å². The summed E-state index contributed by atoms with van der Waals surface area (Å²) >= 11 is 0. The normalized spacial score (nSPS) is 15.9. The average Bonchev–Trinajstić information content (AvgIpc) is 3.20. The molecule has 0 bridgehead atoms. The van der Waals surface area contributed by atoms with Crippen molar-refractivity contribution < 1.29 is 14.8 Å². The van der Waals surface area contributed by atoms with Crippen molar-refractivity contribution in [2.45, 2.75) is 44.7 Å². The van der Waals surface area contributed by atoms with Gasteiger partial charge in [0.1, 0.15) is 6.54 Å². The number of hydrogen-bond donors (Lipinski definition) is 3. The molecule has 1 amide bonds. The molecule has 162 valence electrons. The van der Waals surface area contributed by atoms with Gasteiger partial charge in [-0.05, 0) is 28.7 Å². The summed E-state index contributed by atoms with van der Waals surface area (Å²) in [5, 5.41) is 29.4. The SMILES string of the molecule is NC(CCCCB(O)O)c1nnnn1CC(=O)N1CCN(Cc2ccccc2)CC1. The lowest BCUT2D eigenvalue weighted by Crippen LogP contribution is -2.49. The Labute approximate surface area is 176 Å². The van der Waals surface area contributed by atoms with Crippen LogP contribution in [-0.4, -0.2) is 79.3 Å². The Morgan fingerprint density at radius 3 is 2.57 bits per heavy atom. The van der Waals surface area contributed by atoms with Crippen molar-refractivity contribution in [1.82, 2.24) is 30.0 Å². The molecular formula is C19H30BN7O3. The predicted molar refractivity (Wildman–Crippen MR) is 112 cm³/mol. The standard InChI is InChI=1S/C19H30BN7O3/c21-17(8-4-5-9-20(29)30)19-22-23-24-27(19)15-18(28)26-12-10-25(11-13-26)14-16-6-2-1-3-7-16/h1-3,6-7,17,29-30H,4-5,8-15,21H2. The number of tetrazole rings is 1. The van der Waals surface area contributed by atoms with E-state index >= 15 is 0 Å². The molecule has 1 fully saturated rings. The number of benzene rings is 1. The van der Waals surface area contributed by atoms with Crippen LogP contribution in [0.3, 0.4) is 0 Å². The maximum absolute atomic E-state index is 12.7. The van der Waals surface area contributed by atoms with Gasteiger partial charge in [0.05, 0.1) is 6.04 Å². The fraction of sp³-hybridized carbons (Fsp3) is 0.579. The molecule has 1 atom stereocenters. The smallest absolute Gasteiger partial charge is 0.427 e. The first-order chi connectivity index (χ1) is 14.5. The number of amides is 1. The Bertz CT molecular complexity index is 781. The Hall–Kier alpha value is -2.34. The Balaban J connectivity index is 1.45. The Morgan fingerprint density at radius 2 is 1.87 bits per heavy atom. The van der Waals surface area contributed by atoms with Crippen LogP contribution in [0.2, 0.25) is 6.32 Å². The molecule has 2 aromatic rings. The van der Waals surface area contributed by atoms with Crippen molar-refractivity contribution in [3.8, 4) is 0 Å². The average molecular weight is 415 g/mol. The van der Waals surface area contributed by atoms with Crippen molar-refractivity contribution in [3.63, 3.8) is 0 Å². The molecule has 4 N–H and O–H groups in total. The highest BCUT2D eigenvalue weighted by molar-refractivity contribution is 6.40. The van der Waals surface area contributed by atoms with Crippen LogP contribution < -0.4 is 5.73 Å². The summed E-state index contributed by atoms with van der Waals surface area (Å²) in [5.74, 6) is 0.467. The van der Waals surface area contributed by atoms with E-state index in [9.17, 15) is 4.79 Å². The molecule has 1 aromatic heterocycles. The number of hydrogen-bond acceptors (Lipinski definition) is 8. The highest BCUT2D eigenvalue weighted by Gasteiger charge is 2.24. The summed E-state index contributed by atoms with van der Waals surface area (Å²) in [4.78, 5) is 16.9. The molecule has 1 aliphatic heterocycles. The van der Waals surface area contributed by atoms with Crippen LogP contribution in [0.4, 0.5) is 0 Å². The first kappa shape index (κ1) is 22.4. The minimum atomic E-state index is -1.29. The van der Waals surface area contributed by atoms with Crippen LogP contribution in [0.15, 0.2) is 30.3 Å². The van der Waals surface area contributed by atoms with E-state index < -0.39 is 13.2 Å².